The van der Waals surface area contributed by atoms with Crippen molar-refractivity contribution in [2.24, 2.45) is 0 Å². The molecule has 0 aliphatic heterocycles. The van der Waals surface area contributed by atoms with Crippen LogP contribution in [-0.2, 0) is 6.54 Å². The Labute approximate surface area is 237 Å². The fourth-order valence-corrected chi connectivity index (χ4v) is 5.40. The molecule has 1 aliphatic carbocycles. The number of hydrogen-bond donors (Lipinski definition) is 1. The van der Waals surface area contributed by atoms with Gasteiger partial charge in [0, 0.05) is 30.1 Å². The number of nitrogens with zero attached hydrogens (tertiary/aromatic N) is 5. The molecule has 0 atom stereocenters. The quantitative estimate of drug-likeness (QED) is 0.213. The van der Waals surface area contributed by atoms with Gasteiger partial charge in [-0.25, -0.2) is 14.6 Å². The molecule has 1 saturated carbocycles. The predicted molar refractivity (Wildman–Crippen MR) is 157 cm³/mol. The summed E-state index contributed by atoms with van der Waals surface area (Å²) in [5, 5.41) is 9.60. The number of pyridine rings is 2. The Hall–Kier alpha value is -4.92. The van der Waals surface area contributed by atoms with E-state index >= 15 is 0 Å². The third-order valence-electron chi connectivity index (χ3n) is 7.53. The Morgan fingerprint density at radius 3 is 2.49 bits per heavy atom. The second-order valence-corrected chi connectivity index (χ2v) is 10.3. The molecule has 0 bridgehead atoms. The summed E-state index contributed by atoms with van der Waals surface area (Å²) in [5.74, 6) is 3.55. The molecule has 9 nitrogen and oxygen atoms in total. The van der Waals surface area contributed by atoms with Crippen LogP contribution in [0.2, 0.25) is 0 Å². The third-order valence-corrected chi connectivity index (χ3v) is 7.53. The van der Waals surface area contributed by atoms with Crippen molar-refractivity contribution in [3.05, 3.63) is 84.7 Å². The van der Waals surface area contributed by atoms with Gasteiger partial charge in [-0.3, -0.25) is 0 Å². The fraction of sp³-hybridized carbons (Fsp3) is 0.250. The summed E-state index contributed by atoms with van der Waals surface area (Å²) in [5.41, 5.74) is 3.98. The second kappa shape index (κ2) is 10.9. The topological polar surface area (TPSA) is 100 Å². The Kier molecular flexibility index (Phi) is 6.68. The van der Waals surface area contributed by atoms with E-state index in [0.29, 0.717) is 41.2 Å². The molecular formula is C32H30N6O3. The zero-order valence-electron chi connectivity index (χ0n) is 22.8. The van der Waals surface area contributed by atoms with Gasteiger partial charge >= 0.3 is 0 Å². The van der Waals surface area contributed by atoms with Crippen molar-refractivity contribution in [1.29, 1.82) is 0 Å². The first-order valence-electron chi connectivity index (χ1n) is 14.0. The maximum absolute atomic E-state index is 6.45. The van der Waals surface area contributed by atoms with Crippen molar-refractivity contribution in [3.63, 3.8) is 0 Å². The molecule has 7 rings (SSSR count). The van der Waals surface area contributed by atoms with Gasteiger partial charge in [-0.05, 0) is 66.9 Å². The normalized spacial score (nSPS) is 14.0. The minimum absolute atomic E-state index is 0.384. The highest BCUT2D eigenvalue weighted by molar-refractivity contribution is 5.93. The first kappa shape index (κ1) is 25.1. The summed E-state index contributed by atoms with van der Waals surface area (Å²) in [6.45, 7) is 0.581. The first-order chi connectivity index (χ1) is 20.2. The molecule has 9 heteroatoms. The number of nitrogens with one attached hydrogen (secondary N) is 1. The summed E-state index contributed by atoms with van der Waals surface area (Å²) >= 11 is 0. The van der Waals surface area contributed by atoms with Gasteiger partial charge in [0.15, 0.2) is 22.7 Å². The van der Waals surface area contributed by atoms with Crippen molar-refractivity contribution in [2.75, 3.05) is 12.4 Å². The molecule has 1 aliphatic rings. The van der Waals surface area contributed by atoms with Crippen LogP contribution in [0.5, 0.6) is 17.2 Å². The number of fused-ring (bicyclic) bond motifs is 2. The lowest BCUT2D eigenvalue weighted by Crippen LogP contribution is -2.22. The van der Waals surface area contributed by atoms with E-state index in [1.807, 2.05) is 59.3 Å². The van der Waals surface area contributed by atoms with Crippen LogP contribution in [0.25, 0.3) is 33.7 Å². The molecule has 4 heterocycles. The van der Waals surface area contributed by atoms with Crippen LogP contribution in [0.1, 0.15) is 37.7 Å². The Morgan fingerprint density at radius 1 is 0.902 bits per heavy atom. The van der Waals surface area contributed by atoms with Crippen LogP contribution in [-0.4, -0.2) is 37.9 Å². The second-order valence-electron chi connectivity index (χ2n) is 10.3. The zero-order chi connectivity index (χ0) is 27.6. The molecule has 4 aromatic heterocycles. The molecule has 2 aromatic carbocycles. The highest BCUT2D eigenvalue weighted by Crippen LogP contribution is 2.36. The van der Waals surface area contributed by atoms with Crippen LogP contribution >= 0.6 is 0 Å². The maximum atomic E-state index is 6.45. The van der Waals surface area contributed by atoms with E-state index in [-0.39, 0.29) is 0 Å². The summed E-state index contributed by atoms with van der Waals surface area (Å²) in [7, 11) is 1.67. The van der Waals surface area contributed by atoms with Crippen LogP contribution in [0, 0.1) is 0 Å². The highest BCUT2D eigenvalue weighted by Gasteiger charge is 2.21. The Morgan fingerprint density at radius 2 is 1.71 bits per heavy atom. The molecule has 0 amide bonds. The number of hydrogen-bond acceptors (Lipinski definition) is 8. The molecule has 1 fully saturated rings. The lowest BCUT2D eigenvalue weighted by atomic mass is 9.95. The van der Waals surface area contributed by atoms with E-state index in [1.54, 1.807) is 19.5 Å². The fourth-order valence-electron chi connectivity index (χ4n) is 5.40. The lowest BCUT2D eigenvalue weighted by molar-refractivity contribution is 0.414. The molecule has 206 valence electrons. The standard InChI is InChI=1S/C32H30N6O3/c1-39-24-13-9-21(10-14-24)20-38-31-28(30(37-38)35-23-6-3-2-4-7-23)26(17-19-34-31)40-25-15-11-22(12-16-25)32-36-29-27(41-32)8-5-18-33-29/h5,8-19,23H,2-4,6-7,20H2,1H3,(H,35,37). The molecule has 0 spiro atoms. The monoisotopic (exact) mass is 546 g/mol. The van der Waals surface area contributed by atoms with Gasteiger partial charge in [-0.15, -0.1) is 0 Å². The average molecular weight is 547 g/mol. The summed E-state index contributed by atoms with van der Waals surface area (Å²) in [6.07, 6.45) is 9.49. The van der Waals surface area contributed by atoms with Gasteiger partial charge in [-0.1, -0.05) is 31.4 Å². The number of oxazole rings is 1. The maximum Gasteiger partial charge on any atom is 0.228 e. The number of ether oxygens (including phenoxy) is 2. The van der Waals surface area contributed by atoms with Crippen LogP contribution in [0.4, 0.5) is 5.82 Å². The van der Waals surface area contributed by atoms with Crippen molar-refractivity contribution in [1.82, 2.24) is 24.7 Å². The van der Waals surface area contributed by atoms with Gasteiger partial charge in [0.1, 0.15) is 22.6 Å². The van der Waals surface area contributed by atoms with E-state index in [0.717, 1.165) is 46.6 Å². The average Bonchev–Trinajstić information content (AvgIpc) is 3.61. The van der Waals surface area contributed by atoms with Gasteiger partial charge in [0.2, 0.25) is 5.89 Å². The number of anilines is 1. The number of methoxy groups -OCH3 is 1. The van der Waals surface area contributed by atoms with Gasteiger partial charge < -0.3 is 19.2 Å². The van der Waals surface area contributed by atoms with Crippen LogP contribution < -0.4 is 14.8 Å². The minimum Gasteiger partial charge on any atom is -0.497 e. The zero-order valence-corrected chi connectivity index (χ0v) is 22.8. The Balaban J connectivity index is 1.21. The Bertz CT molecular complexity index is 1750. The number of aromatic nitrogens is 5. The molecule has 6 aromatic rings. The SMILES string of the molecule is COc1ccc(Cn2nc(NC3CCCCC3)c3c(Oc4ccc(-c5nc6ncccc6o5)cc4)ccnc32)cc1. The molecule has 0 unspecified atom stereocenters. The predicted octanol–water partition coefficient (Wildman–Crippen LogP) is 7.23. The van der Waals surface area contributed by atoms with Gasteiger partial charge in [0.05, 0.1) is 13.7 Å². The van der Waals surface area contributed by atoms with Crippen LogP contribution in [0.3, 0.4) is 0 Å². The molecule has 0 radical (unpaired) electrons. The molecule has 1 N–H and O–H groups in total. The van der Waals surface area contributed by atoms with Crippen molar-refractivity contribution < 1.29 is 13.9 Å². The number of rotatable bonds is 8. The van der Waals surface area contributed by atoms with E-state index < -0.39 is 0 Å². The highest BCUT2D eigenvalue weighted by atomic mass is 16.5. The van der Waals surface area contributed by atoms with Crippen molar-refractivity contribution in [2.45, 2.75) is 44.7 Å². The minimum atomic E-state index is 0.384. The largest absolute Gasteiger partial charge is 0.497 e. The first-order valence-corrected chi connectivity index (χ1v) is 14.0. The molecule has 41 heavy (non-hydrogen) atoms. The molecular weight excluding hydrogens is 516 g/mol. The van der Waals surface area contributed by atoms with E-state index in [2.05, 4.69) is 27.4 Å². The number of benzene rings is 2. The third kappa shape index (κ3) is 5.18. The van der Waals surface area contributed by atoms with E-state index in [1.165, 1.54) is 19.3 Å². The summed E-state index contributed by atoms with van der Waals surface area (Å²) < 4.78 is 19.6. The van der Waals surface area contributed by atoms with Gasteiger partial charge in [0.25, 0.3) is 0 Å². The van der Waals surface area contributed by atoms with E-state index in [9.17, 15) is 0 Å². The van der Waals surface area contributed by atoms with Gasteiger partial charge in [-0.2, -0.15) is 10.1 Å². The van der Waals surface area contributed by atoms with Crippen molar-refractivity contribution in [3.8, 4) is 28.7 Å². The summed E-state index contributed by atoms with van der Waals surface area (Å²) in [6, 6.07) is 21.7. The molecule has 0 saturated heterocycles. The summed E-state index contributed by atoms with van der Waals surface area (Å²) in [4.78, 5) is 13.5. The van der Waals surface area contributed by atoms with E-state index in [4.69, 9.17) is 24.0 Å². The smallest absolute Gasteiger partial charge is 0.228 e. The van der Waals surface area contributed by atoms with Crippen molar-refractivity contribution >= 4 is 28.1 Å². The van der Waals surface area contributed by atoms with Crippen LogP contribution in [0.15, 0.2) is 83.5 Å². The lowest BCUT2D eigenvalue weighted by Gasteiger charge is -2.22.